The minimum atomic E-state index is -2.33. The molecule has 0 aromatic heterocycles. The molecule has 0 saturated carbocycles. The Morgan fingerprint density at radius 3 is 1.35 bits per heavy atom. The second-order valence-electron chi connectivity index (χ2n) is 6.61. The molecule has 154 valence electrons. The second kappa shape index (κ2) is 23.5. The molecule has 0 spiro atoms. The highest BCUT2D eigenvalue weighted by atomic mass is 16.6. The molecular formula is C21H38O5-2. The zero-order valence-corrected chi connectivity index (χ0v) is 16.6. The van der Waals surface area contributed by atoms with Crippen molar-refractivity contribution >= 4 is 12.1 Å². The van der Waals surface area contributed by atoms with Crippen LogP contribution in [0.5, 0.6) is 0 Å². The van der Waals surface area contributed by atoms with Crippen LogP contribution >= 0.6 is 0 Å². The molecular weight excluding hydrogens is 332 g/mol. The van der Waals surface area contributed by atoms with Crippen LogP contribution in [0.25, 0.3) is 0 Å². The van der Waals surface area contributed by atoms with E-state index < -0.39 is 6.16 Å². The highest BCUT2D eigenvalue weighted by molar-refractivity contribution is 5.69. The lowest BCUT2D eigenvalue weighted by molar-refractivity contribution is -0.415. The number of hydrogen-bond acceptors (Lipinski definition) is 5. The van der Waals surface area contributed by atoms with Crippen molar-refractivity contribution in [2.75, 3.05) is 0 Å². The molecule has 0 aromatic rings. The lowest BCUT2D eigenvalue weighted by Gasteiger charge is -2.03. The zero-order chi connectivity index (χ0) is 19.9. The topological polar surface area (TPSA) is 89.5 Å². The van der Waals surface area contributed by atoms with Crippen LogP contribution in [0.3, 0.4) is 0 Å². The first-order valence-electron chi connectivity index (χ1n) is 10.2. The molecule has 0 aliphatic heterocycles. The van der Waals surface area contributed by atoms with Gasteiger partial charge in [-0.25, -0.2) is 0 Å². The van der Waals surface area contributed by atoms with Crippen molar-refractivity contribution in [1.29, 1.82) is 0 Å². The maximum atomic E-state index is 11.1. The van der Waals surface area contributed by atoms with Crippen LogP contribution in [0, 0.1) is 0 Å². The summed E-state index contributed by atoms with van der Waals surface area (Å²) >= 11 is 0. The summed E-state index contributed by atoms with van der Waals surface area (Å²) in [4.78, 5) is 19.4. The lowest BCUT2D eigenvalue weighted by atomic mass is 10.0. The molecule has 0 N–H and O–H groups in total. The molecule has 0 radical (unpaired) electrons. The smallest absolute Gasteiger partial charge is 0.310 e. The Labute approximate surface area is 159 Å². The van der Waals surface area contributed by atoms with Gasteiger partial charge in [-0.2, -0.15) is 0 Å². The van der Waals surface area contributed by atoms with Crippen LogP contribution in [0.4, 0.5) is 4.79 Å². The van der Waals surface area contributed by atoms with E-state index in [2.05, 4.69) is 18.2 Å². The lowest BCUT2D eigenvalue weighted by Crippen LogP contribution is -2.37. The van der Waals surface area contributed by atoms with Crippen LogP contribution in [0.15, 0.2) is 12.8 Å². The third-order valence-electron chi connectivity index (χ3n) is 4.20. The first kappa shape index (κ1) is 26.7. The third-order valence-corrected chi connectivity index (χ3v) is 4.20. The van der Waals surface area contributed by atoms with E-state index in [1.165, 1.54) is 89.7 Å². The van der Waals surface area contributed by atoms with Crippen molar-refractivity contribution in [3.05, 3.63) is 12.8 Å². The minimum Gasteiger partial charge on any atom is -0.652 e. The first-order chi connectivity index (χ1) is 12.5. The van der Waals surface area contributed by atoms with Crippen LogP contribution < -0.4 is 10.2 Å². The van der Waals surface area contributed by atoms with Gasteiger partial charge in [-0.05, 0) is 12.6 Å². The standard InChI is InChI=1S/C20H38O2.CH2O3/c1-3-5-6-7-8-9-10-11-12-13-14-15-16-17-18-19-20(21)22-4-2;2-1(3)4/h4H,2-3,5-19H2,1H3;(H2,2,3,4)/p-2. The summed E-state index contributed by atoms with van der Waals surface area (Å²) < 4.78 is 4.69. The van der Waals surface area contributed by atoms with E-state index >= 15 is 0 Å². The number of carbonyl (C=O) groups is 2. The maximum absolute atomic E-state index is 11.1. The van der Waals surface area contributed by atoms with Gasteiger partial charge in [0.2, 0.25) is 0 Å². The second-order valence-corrected chi connectivity index (χ2v) is 6.61. The largest absolute Gasteiger partial charge is 0.652 e. The molecule has 0 saturated heterocycles. The highest BCUT2D eigenvalue weighted by Gasteiger charge is 2.00. The van der Waals surface area contributed by atoms with Crippen LogP contribution in [0.2, 0.25) is 0 Å². The fourth-order valence-corrected chi connectivity index (χ4v) is 2.79. The molecule has 0 unspecified atom stereocenters. The summed E-state index contributed by atoms with van der Waals surface area (Å²) in [7, 11) is 0. The van der Waals surface area contributed by atoms with Gasteiger partial charge < -0.3 is 19.7 Å². The van der Waals surface area contributed by atoms with Gasteiger partial charge >= 0.3 is 5.97 Å². The van der Waals surface area contributed by atoms with Gasteiger partial charge in [0.15, 0.2) is 0 Å². The number of esters is 1. The van der Waals surface area contributed by atoms with Gasteiger partial charge in [-0.15, -0.1) is 0 Å². The van der Waals surface area contributed by atoms with Crippen molar-refractivity contribution in [2.24, 2.45) is 0 Å². The number of carbonyl (C=O) groups excluding carboxylic acids is 2. The van der Waals surface area contributed by atoms with Crippen molar-refractivity contribution < 1.29 is 24.5 Å². The summed E-state index contributed by atoms with van der Waals surface area (Å²) in [5, 5.41) is 16.7. The number of rotatable bonds is 17. The molecule has 0 bridgehead atoms. The molecule has 0 aliphatic carbocycles. The van der Waals surface area contributed by atoms with E-state index in [0.29, 0.717) is 6.42 Å². The number of hydrogen-bond donors (Lipinski definition) is 0. The van der Waals surface area contributed by atoms with Crippen molar-refractivity contribution in [3.8, 4) is 0 Å². The highest BCUT2D eigenvalue weighted by Crippen LogP contribution is 2.13. The normalized spacial score (nSPS) is 9.88. The molecule has 0 fully saturated rings. The average molecular weight is 371 g/mol. The molecule has 5 nitrogen and oxygen atoms in total. The number of carboxylic acid groups (broad SMARTS) is 2. The fourth-order valence-electron chi connectivity index (χ4n) is 2.79. The Morgan fingerprint density at radius 2 is 1.04 bits per heavy atom. The van der Waals surface area contributed by atoms with E-state index in [1.807, 2.05) is 0 Å². The zero-order valence-electron chi connectivity index (χ0n) is 16.6. The van der Waals surface area contributed by atoms with Crippen molar-refractivity contribution in [3.63, 3.8) is 0 Å². The Hall–Kier alpha value is -1.52. The van der Waals surface area contributed by atoms with E-state index in [4.69, 9.17) is 15.0 Å². The first-order valence-corrected chi connectivity index (χ1v) is 10.2. The summed E-state index contributed by atoms with van der Waals surface area (Å²) in [5.74, 6) is -0.148. The molecule has 0 amide bonds. The van der Waals surface area contributed by atoms with Crippen LogP contribution in [-0.2, 0) is 9.53 Å². The predicted molar refractivity (Wildman–Crippen MR) is 101 cm³/mol. The Morgan fingerprint density at radius 1 is 0.731 bits per heavy atom. The Balaban J connectivity index is 0. The average Bonchev–Trinajstić information content (AvgIpc) is 2.58. The van der Waals surface area contributed by atoms with Gasteiger partial charge in [-0.1, -0.05) is 103 Å². The minimum absolute atomic E-state index is 0.148. The molecule has 26 heavy (non-hydrogen) atoms. The van der Waals surface area contributed by atoms with Gasteiger partial charge in [0.25, 0.3) is 0 Å². The quantitative estimate of drug-likeness (QED) is 0.214. The molecule has 0 aliphatic rings. The van der Waals surface area contributed by atoms with E-state index in [0.717, 1.165) is 12.8 Å². The van der Waals surface area contributed by atoms with Gasteiger partial charge in [0, 0.05) is 6.42 Å². The van der Waals surface area contributed by atoms with E-state index in [-0.39, 0.29) is 5.97 Å². The van der Waals surface area contributed by atoms with Gasteiger partial charge in [0.1, 0.15) is 0 Å². The summed E-state index contributed by atoms with van der Waals surface area (Å²) in [6.45, 7) is 5.65. The van der Waals surface area contributed by atoms with Crippen LogP contribution in [-0.4, -0.2) is 12.1 Å². The van der Waals surface area contributed by atoms with E-state index in [9.17, 15) is 4.79 Å². The summed E-state index contributed by atoms with van der Waals surface area (Å²) in [6.07, 6.45) is 19.6. The summed E-state index contributed by atoms with van der Waals surface area (Å²) in [6, 6.07) is 0. The molecule has 0 heterocycles. The number of ether oxygens (including phenoxy) is 1. The van der Waals surface area contributed by atoms with Crippen LogP contribution in [0.1, 0.15) is 110 Å². The van der Waals surface area contributed by atoms with Crippen molar-refractivity contribution in [2.45, 2.75) is 110 Å². The molecule has 0 atom stereocenters. The molecule has 0 rings (SSSR count). The molecule has 5 heteroatoms. The Kier molecular flexibility index (Phi) is 24.1. The third kappa shape index (κ3) is 30.4. The van der Waals surface area contributed by atoms with Gasteiger partial charge in [0.05, 0.1) is 6.26 Å². The summed E-state index contributed by atoms with van der Waals surface area (Å²) in [5.41, 5.74) is 0. The van der Waals surface area contributed by atoms with Gasteiger partial charge in [-0.3, -0.25) is 4.79 Å². The Bertz CT molecular complexity index is 324. The van der Waals surface area contributed by atoms with Crippen molar-refractivity contribution in [1.82, 2.24) is 0 Å². The number of unbranched alkanes of at least 4 members (excludes halogenated alkanes) is 14. The maximum Gasteiger partial charge on any atom is 0.310 e. The molecule has 0 aromatic carbocycles. The van der Waals surface area contributed by atoms with E-state index in [1.54, 1.807) is 0 Å². The monoisotopic (exact) mass is 370 g/mol. The fraction of sp³-hybridized carbons (Fsp3) is 0.810. The predicted octanol–water partition coefficient (Wildman–Crippen LogP) is 4.49. The SMILES string of the molecule is C=COC(=O)CCCCCCCCCCCCCCCCC.O=C([O-])[O-].